The molecule has 2 bridgehead atoms. The van der Waals surface area contributed by atoms with Crippen LogP contribution in [0.15, 0.2) is 54.7 Å². The Morgan fingerprint density at radius 2 is 1.97 bits per heavy atom. The van der Waals surface area contributed by atoms with E-state index < -0.39 is 0 Å². The fraction of sp³-hybridized carbons (Fsp3) is 0.375. The Hall–Kier alpha value is -2.57. The van der Waals surface area contributed by atoms with E-state index in [-0.39, 0.29) is 10.6 Å². The van der Waals surface area contributed by atoms with Crippen LogP contribution < -0.4 is 0 Å². The van der Waals surface area contributed by atoms with Crippen molar-refractivity contribution in [2.45, 2.75) is 50.1 Å². The van der Waals surface area contributed by atoms with E-state index in [9.17, 15) is 10.1 Å². The number of benzene rings is 2. The average Bonchev–Trinajstić information content (AvgIpc) is 3.31. The number of hydrogen-bond donors (Lipinski definition) is 0. The number of nitro benzene ring substituents is 1. The predicted octanol–water partition coefficient (Wildman–Crippen LogP) is 5.76. The molecule has 1 aromatic heterocycles. The summed E-state index contributed by atoms with van der Waals surface area (Å²) >= 11 is 1.69. The standard InChI is InChI=1S/C24H25N3O2S/c1-15-6-8-16(9-7-15)20-13-18-10-11-21(26(18)2)23(20)24-25-14-22(30-24)17-4-3-5-19(12-17)27(28)29/h3-9,12,14,18,20-21,23H,10-11,13H2,1-2H3/t18-,20+,21-,23-/m0/s1. The highest BCUT2D eigenvalue weighted by molar-refractivity contribution is 7.15. The minimum absolute atomic E-state index is 0.121. The first-order valence-electron chi connectivity index (χ1n) is 10.5. The van der Waals surface area contributed by atoms with Gasteiger partial charge < -0.3 is 0 Å². The zero-order valence-electron chi connectivity index (χ0n) is 17.2. The highest BCUT2D eigenvalue weighted by Gasteiger charge is 2.47. The number of fused-ring (bicyclic) bond motifs is 2. The number of nitro groups is 1. The molecule has 0 N–H and O–H groups in total. The Morgan fingerprint density at radius 1 is 1.17 bits per heavy atom. The third-order valence-electron chi connectivity index (χ3n) is 6.92. The van der Waals surface area contributed by atoms with Crippen molar-refractivity contribution in [3.63, 3.8) is 0 Å². The van der Waals surface area contributed by atoms with Crippen LogP contribution in [-0.4, -0.2) is 33.9 Å². The van der Waals surface area contributed by atoms with Crippen LogP contribution in [0.5, 0.6) is 0 Å². The largest absolute Gasteiger partial charge is 0.300 e. The summed E-state index contributed by atoms with van der Waals surface area (Å²) in [5.74, 6) is 0.817. The quantitative estimate of drug-likeness (QED) is 0.398. The number of aromatic nitrogens is 1. The second-order valence-electron chi connectivity index (χ2n) is 8.61. The summed E-state index contributed by atoms with van der Waals surface area (Å²) in [6.45, 7) is 2.13. The lowest BCUT2D eigenvalue weighted by Gasteiger charge is -2.42. The average molecular weight is 420 g/mol. The molecule has 0 unspecified atom stereocenters. The van der Waals surface area contributed by atoms with Gasteiger partial charge in [-0.1, -0.05) is 42.0 Å². The second kappa shape index (κ2) is 7.60. The Labute approximate surface area is 180 Å². The summed E-state index contributed by atoms with van der Waals surface area (Å²) in [4.78, 5) is 19.2. The van der Waals surface area contributed by atoms with Gasteiger partial charge in [0, 0.05) is 41.9 Å². The zero-order chi connectivity index (χ0) is 20.8. The molecule has 6 heteroatoms. The van der Waals surface area contributed by atoms with Crippen molar-refractivity contribution in [2.24, 2.45) is 0 Å². The molecule has 0 aliphatic carbocycles. The molecule has 2 aliphatic heterocycles. The fourth-order valence-corrected chi connectivity index (χ4v) is 6.45. The zero-order valence-corrected chi connectivity index (χ0v) is 18.0. The molecular weight excluding hydrogens is 394 g/mol. The van der Waals surface area contributed by atoms with Crippen LogP contribution in [0.2, 0.25) is 0 Å². The Bertz CT molecular complexity index is 1080. The summed E-state index contributed by atoms with van der Waals surface area (Å²) in [6, 6.07) is 17.0. The maximum absolute atomic E-state index is 11.2. The summed E-state index contributed by atoms with van der Waals surface area (Å²) in [6.07, 6.45) is 5.52. The van der Waals surface area contributed by atoms with Gasteiger partial charge in [-0.15, -0.1) is 11.3 Å². The van der Waals surface area contributed by atoms with Gasteiger partial charge in [0.25, 0.3) is 5.69 Å². The van der Waals surface area contributed by atoms with Crippen molar-refractivity contribution in [1.82, 2.24) is 9.88 Å². The van der Waals surface area contributed by atoms with Crippen molar-refractivity contribution >= 4 is 17.0 Å². The van der Waals surface area contributed by atoms with E-state index in [1.165, 1.54) is 30.0 Å². The number of likely N-dealkylation sites (N-methyl/N-ethyl adjacent to an activating group) is 1. The highest BCUT2D eigenvalue weighted by atomic mass is 32.1. The fourth-order valence-electron chi connectivity index (χ4n) is 5.31. The molecule has 4 atom stereocenters. The van der Waals surface area contributed by atoms with E-state index >= 15 is 0 Å². The molecular formula is C24H25N3O2S. The second-order valence-corrected chi connectivity index (χ2v) is 9.68. The van der Waals surface area contributed by atoms with E-state index in [1.54, 1.807) is 23.5 Å². The number of aryl methyl sites for hydroxylation is 1. The smallest absolute Gasteiger partial charge is 0.270 e. The normalized spacial score (nSPS) is 26.1. The minimum Gasteiger partial charge on any atom is -0.300 e. The molecule has 3 heterocycles. The molecule has 3 aromatic rings. The van der Waals surface area contributed by atoms with E-state index in [1.807, 2.05) is 12.3 Å². The minimum atomic E-state index is -0.340. The molecule has 0 spiro atoms. The highest BCUT2D eigenvalue weighted by Crippen LogP contribution is 2.52. The third-order valence-corrected chi connectivity index (χ3v) is 8.07. The topological polar surface area (TPSA) is 59.3 Å². The van der Waals surface area contributed by atoms with Gasteiger partial charge in [0.05, 0.1) is 14.8 Å². The van der Waals surface area contributed by atoms with E-state index in [2.05, 4.69) is 43.1 Å². The first-order valence-corrected chi connectivity index (χ1v) is 11.3. The maximum atomic E-state index is 11.2. The monoisotopic (exact) mass is 419 g/mol. The Morgan fingerprint density at radius 3 is 2.73 bits per heavy atom. The van der Waals surface area contributed by atoms with Gasteiger partial charge in [-0.3, -0.25) is 15.0 Å². The number of nitrogens with zero attached hydrogens (tertiary/aromatic N) is 3. The first kappa shape index (κ1) is 19.4. The number of rotatable bonds is 4. The van der Waals surface area contributed by atoms with Gasteiger partial charge in [-0.2, -0.15) is 0 Å². The molecule has 2 aromatic carbocycles. The molecule has 5 nitrogen and oxygen atoms in total. The van der Waals surface area contributed by atoms with Gasteiger partial charge in [-0.05, 0) is 44.7 Å². The van der Waals surface area contributed by atoms with Crippen molar-refractivity contribution in [1.29, 1.82) is 0 Å². The molecule has 0 radical (unpaired) electrons. The Balaban J connectivity index is 1.53. The lowest BCUT2D eigenvalue weighted by Crippen LogP contribution is -2.44. The molecule has 30 heavy (non-hydrogen) atoms. The van der Waals surface area contributed by atoms with Crippen molar-refractivity contribution in [3.05, 3.63) is 81.0 Å². The van der Waals surface area contributed by atoms with Crippen LogP contribution in [0.1, 0.15) is 47.2 Å². The van der Waals surface area contributed by atoms with Gasteiger partial charge in [0.2, 0.25) is 0 Å². The SMILES string of the molecule is Cc1ccc([C@H]2C[C@@H]3CC[C@@H]([C@H]2c2ncc(-c4cccc([N+](=O)[O-])c4)s2)N3C)cc1. The van der Waals surface area contributed by atoms with Crippen LogP contribution in [0.4, 0.5) is 5.69 Å². The van der Waals surface area contributed by atoms with Crippen molar-refractivity contribution in [2.75, 3.05) is 7.05 Å². The van der Waals surface area contributed by atoms with Crippen molar-refractivity contribution in [3.8, 4) is 10.4 Å². The molecule has 2 saturated heterocycles. The van der Waals surface area contributed by atoms with Gasteiger partial charge in [-0.25, -0.2) is 4.98 Å². The molecule has 154 valence electrons. The van der Waals surface area contributed by atoms with Crippen molar-refractivity contribution < 1.29 is 4.92 Å². The summed E-state index contributed by atoms with van der Waals surface area (Å²) < 4.78 is 0. The van der Waals surface area contributed by atoms with Gasteiger partial charge in [0.1, 0.15) is 0 Å². The molecule has 0 amide bonds. The number of hydrogen-bond acceptors (Lipinski definition) is 5. The third kappa shape index (κ3) is 3.34. The van der Waals surface area contributed by atoms with Crippen LogP contribution in [0.25, 0.3) is 10.4 Å². The summed E-state index contributed by atoms with van der Waals surface area (Å²) in [5.41, 5.74) is 3.68. The summed E-state index contributed by atoms with van der Waals surface area (Å²) in [7, 11) is 2.26. The summed E-state index contributed by atoms with van der Waals surface area (Å²) in [5, 5.41) is 12.3. The molecule has 2 fully saturated rings. The lowest BCUT2D eigenvalue weighted by atomic mass is 9.76. The van der Waals surface area contributed by atoms with Crippen LogP contribution >= 0.6 is 11.3 Å². The van der Waals surface area contributed by atoms with E-state index in [0.29, 0.717) is 23.9 Å². The molecule has 5 rings (SSSR count). The van der Waals surface area contributed by atoms with E-state index in [0.717, 1.165) is 21.9 Å². The van der Waals surface area contributed by atoms with Crippen LogP contribution in [-0.2, 0) is 0 Å². The van der Waals surface area contributed by atoms with Crippen LogP contribution in [0, 0.1) is 17.0 Å². The first-order chi connectivity index (χ1) is 14.5. The predicted molar refractivity (Wildman–Crippen MR) is 120 cm³/mol. The number of piperidine rings is 1. The van der Waals surface area contributed by atoms with Gasteiger partial charge in [0.15, 0.2) is 0 Å². The number of thiazole rings is 1. The van der Waals surface area contributed by atoms with Crippen LogP contribution in [0.3, 0.4) is 0 Å². The van der Waals surface area contributed by atoms with Gasteiger partial charge >= 0.3 is 0 Å². The lowest BCUT2D eigenvalue weighted by molar-refractivity contribution is -0.384. The molecule has 0 saturated carbocycles. The Kier molecular flexibility index (Phi) is 4.91. The number of non-ortho nitro benzene ring substituents is 1. The van der Waals surface area contributed by atoms with E-state index in [4.69, 9.17) is 4.98 Å². The molecule has 2 aliphatic rings. The maximum Gasteiger partial charge on any atom is 0.270 e.